The average molecular weight is 356 g/mol. The minimum Gasteiger partial charge on any atom is -0.495 e. The third kappa shape index (κ3) is 1.39. The van der Waals surface area contributed by atoms with Crippen LogP contribution >= 0.6 is 0 Å². The lowest BCUT2D eigenvalue weighted by Gasteiger charge is -2.62. The van der Waals surface area contributed by atoms with Crippen LogP contribution in [0.5, 0.6) is 5.75 Å². The molecule has 0 aromatic heterocycles. The van der Waals surface area contributed by atoms with E-state index in [1.807, 2.05) is 6.07 Å². The lowest BCUT2D eigenvalue weighted by atomic mass is 9.62. The first-order chi connectivity index (χ1) is 12.6. The van der Waals surface area contributed by atoms with Gasteiger partial charge in [-0.1, -0.05) is 19.1 Å². The van der Waals surface area contributed by atoms with Crippen molar-refractivity contribution < 1.29 is 14.9 Å². The first kappa shape index (κ1) is 15.7. The van der Waals surface area contributed by atoms with Gasteiger partial charge < -0.3 is 19.8 Å². The van der Waals surface area contributed by atoms with Gasteiger partial charge in [0.05, 0.1) is 24.9 Å². The summed E-state index contributed by atoms with van der Waals surface area (Å²) in [4.78, 5) is 4.75. The Balaban J connectivity index is 1.59. The number of fused-ring (bicyclic) bond motifs is 2. The van der Waals surface area contributed by atoms with Gasteiger partial charge in [-0.3, -0.25) is 4.90 Å². The number of aliphatic hydroxyl groups excluding tert-OH is 2. The standard InChI is InChI=1S/C21H28N2O3/c1-4-10-11-8-13-18-21(9-14(16(11)19(21)24)23(13)20(10)25)12-6-5-7-15(26-3)17(12)22(18)2/h5-7,10-11,13-14,16,18-20,24-25H,4,8-9H2,1-3H3. The van der Waals surface area contributed by atoms with Crippen LogP contribution in [0.15, 0.2) is 18.2 Å². The van der Waals surface area contributed by atoms with Crippen LogP contribution in [0.2, 0.25) is 0 Å². The summed E-state index contributed by atoms with van der Waals surface area (Å²) in [5.74, 6) is 1.92. The van der Waals surface area contributed by atoms with Gasteiger partial charge in [-0.05, 0) is 36.8 Å². The largest absolute Gasteiger partial charge is 0.495 e. The molecule has 26 heavy (non-hydrogen) atoms. The molecular formula is C21H28N2O3. The fourth-order valence-electron chi connectivity index (χ4n) is 8.12. The van der Waals surface area contributed by atoms with Crippen LogP contribution in [0.4, 0.5) is 5.69 Å². The zero-order valence-corrected chi connectivity index (χ0v) is 15.7. The number of para-hydroxylation sites is 1. The molecule has 5 heterocycles. The van der Waals surface area contributed by atoms with Crippen LogP contribution < -0.4 is 9.64 Å². The van der Waals surface area contributed by atoms with Gasteiger partial charge in [0.15, 0.2) is 0 Å². The predicted octanol–water partition coefficient (Wildman–Crippen LogP) is 1.56. The number of likely N-dealkylation sites (N-methyl/N-ethyl adjacent to an activating group) is 1. The van der Waals surface area contributed by atoms with Crippen molar-refractivity contribution in [2.45, 2.75) is 62.1 Å². The van der Waals surface area contributed by atoms with Crippen molar-refractivity contribution in [1.82, 2.24) is 4.90 Å². The summed E-state index contributed by atoms with van der Waals surface area (Å²) in [5, 5.41) is 22.8. The van der Waals surface area contributed by atoms with Crippen LogP contribution in [0.3, 0.4) is 0 Å². The molecule has 1 aromatic rings. The zero-order chi connectivity index (χ0) is 18.0. The van der Waals surface area contributed by atoms with Gasteiger partial charge in [0.25, 0.3) is 0 Å². The Bertz CT molecular complexity index is 785. The number of nitrogens with zero attached hydrogens (tertiary/aromatic N) is 2. The number of rotatable bonds is 2. The number of methoxy groups -OCH3 is 1. The maximum absolute atomic E-state index is 11.7. The molecule has 7 rings (SSSR count). The fourth-order valence-corrected chi connectivity index (χ4v) is 8.12. The van der Waals surface area contributed by atoms with Gasteiger partial charge in [0, 0.05) is 36.4 Å². The van der Waals surface area contributed by atoms with Gasteiger partial charge in [-0.2, -0.15) is 0 Å². The van der Waals surface area contributed by atoms with Gasteiger partial charge >= 0.3 is 0 Å². The predicted molar refractivity (Wildman–Crippen MR) is 98.3 cm³/mol. The van der Waals surface area contributed by atoms with E-state index in [0.29, 0.717) is 23.9 Å². The van der Waals surface area contributed by atoms with Crippen LogP contribution in [-0.4, -0.2) is 59.7 Å². The first-order valence-corrected chi connectivity index (χ1v) is 10.1. The van der Waals surface area contributed by atoms with E-state index in [2.05, 4.69) is 35.9 Å². The summed E-state index contributed by atoms with van der Waals surface area (Å²) in [7, 11) is 3.88. The van der Waals surface area contributed by atoms with Crippen molar-refractivity contribution in [3.8, 4) is 5.75 Å². The molecular weight excluding hydrogens is 328 g/mol. The molecule has 10 unspecified atom stereocenters. The molecule has 10 atom stereocenters. The molecule has 1 saturated carbocycles. The van der Waals surface area contributed by atoms with Crippen LogP contribution in [0, 0.1) is 17.8 Å². The van der Waals surface area contributed by atoms with Crippen molar-refractivity contribution in [3.05, 3.63) is 23.8 Å². The van der Waals surface area contributed by atoms with Gasteiger partial charge in [0.1, 0.15) is 12.0 Å². The summed E-state index contributed by atoms with van der Waals surface area (Å²) in [5.41, 5.74) is 2.19. The van der Waals surface area contributed by atoms with Crippen molar-refractivity contribution in [3.63, 3.8) is 0 Å². The Labute approximate surface area is 154 Å². The van der Waals surface area contributed by atoms with Gasteiger partial charge in [0.2, 0.25) is 0 Å². The van der Waals surface area contributed by atoms with E-state index < -0.39 is 0 Å². The molecule has 0 radical (unpaired) electrons. The number of anilines is 1. The Hall–Kier alpha value is -1.30. The topological polar surface area (TPSA) is 56.2 Å². The molecule has 0 amide bonds. The number of hydrogen-bond donors (Lipinski definition) is 2. The summed E-state index contributed by atoms with van der Waals surface area (Å²) < 4.78 is 5.68. The number of piperidine rings is 4. The van der Waals surface area contributed by atoms with Crippen LogP contribution in [0.1, 0.15) is 31.7 Å². The summed E-state index contributed by atoms with van der Waals surface area (Å²) in [6.07, 6.45) is 2.35. The highest BCUT2D eigenvalue weighted by atomic mass is 16.5. The summed E-state index contributed by atoms with van der Waals surface area (Å²) >= 11 is 0. The second-order valence-corrected chi connectivity index (χ2v) is 9.15. The SMILES string of the molecule is CCC1C2CC3C4N(C)c5c(OC)cccc5C45CC(C2C5O)N3C1O. The summed E-state index contributed by atoms with van der Waals surface area (Å²) in [6.45, 7) is 2.18. The zero-order valence-electron chi connectivity index (χ0n) is 15.7. The quantitative estimate of drug-likeness (QED) is 0.842. The monoisotopic (exact) mass is 356 g/mol. The van der Waals surface area contributed by atoms with E-state index in [9.17, 15) is 10.2 Å². The Morgan fingerprint density at radius 2 is 2.08 bits per heavy atom. The highest BCUT2D eigenvalue weighted by Crippen LogP contribution is 2.69. The molecule has 140 valence electrons. The molecule has 1 aliphatic carbocycles. The average Bonchev–Trinajstić information content (AvgIpc) is 3.03. The van der Waals surface area contributed by atoms with Crippen LogP contribution in [-0.2, 0) is 5.41 Å². The van der Waals surface area contributed by atoms with Crippen molar-refractivity contribution in [2.75, 3.05) is 19.1 Å². The van der Waals surface area contributed by atoms with Crippen LogP contribution in [0.25, 0.3) is 0 Å². The highest BCUT2D eigenvalue weighted by molar-refractivity contribution is 5.73. The molecule has 5 heteroatoms. The maximum Gasteiger partial charge on any atom is 0.142 e. The molecule has 1 aromatic carbocycles. The summed E-state index contributed by atoms with van der Waals surface area (Å²) in [6, 6.07) is 7.13. The Morgan fingerprint density at radius 3 is 2.81 bits per heavy atom. The Morgan fingerprint density at radius 1 is 1.27 bits per heavy atom. The maximum atomic E-state index is 11.7. The smallest absolute Gasteiger partial charge is 0.142 e. The molecule has 2 N–H and O–H groups in total. The molecule has 6 aliphatic rings. The van der Waals surface area contributed by atoms with Crippen molar-refractivity contribution in [1.29, 1.82) is 0 Å². The van der Waals surface area contributed by atoms with Crippen molar-refractivity contribution >= 4 is 5.69 Å². The van der Waals surface area contributed by atoms with E-state index in [1.165, 1.54) is 5.56 Å². The Kier molecular flexibility index (Phi) is 2.87. The van der Waals surface area contributed by atoms with E-state index in [4.69, 9.17) is 4.74 Å². The lowest BCUT2D eigenvalue weighted by Crippen LogP contribution is -2.72. The number of ether oxygens (including phenoxy) is 1. The number of aliphatic hydroxyl groups is 2. The minimum atomic E-state index is -0.354. The number of benzene rings is 1. The minimum absolute atomic E-state index is 0.211. The third-order valence-electron chi connectivity index (χ3n) is 8.75. The van der Waals surface area contributed by atoms with E-state index in [1.54, 1.807) is 7.11 Å². The third-order valence-corrected chi connectivity index (χ3v) is 8.75. The van der Waals surface area contributed by atoms with Gasteiger partial charge in [-0.25, -0.2) is 0 Å². The lowest BCUT2D eigenvalue weighted by molar-refractivity contribution is -0.211. The molecule has 5 aliphatic heterocycles. The van der Waals surface area contributed by atoms with Gasteiger partial charge in [-0.15, -0.1) is 0 Å². The molecule has 5 bridgehead atoms. The molecule has 4 saturated heterocycles. The fraction of sp³-hybridized carbons (Fsp3) is 0.714. The second kappa shape index (κ2) is 4.75. The van der Waals surface area contributed by atoms with Crippen molar-refractivity contribution in [2.24, 2.45) is 17.8 Å². The van der Waals surface area contributed by atoms with E-state index >= 15 is 0 Å². The normalized spacial score (nSPS) is 52.3. The number of hydrogen-bond acceptors (Lipinski definition) is 5. The molecule has 5 fully saturated rings. The molecule has 5 nitrogen and oxygen atoms in total. The van der Waals surface area contributed by atoms with E-state index in [-0.39, 0.29) is 29.7 Å². The second-order valence-electron chi connectivity index (χ2n) is 9.15. The van der Waals surface area contributed by atoms with E-state index in [0.717, 1.165) is 30.7 Å². The first-order valence-electron chi connectivity index (χ1n) is 10.1. The highest BCUT2D eigenvalue weighted by Gasteiger charge is 2.76. The molecule has 1 spiro atoms.